The molecule has 0 aromatic carbocycles. The highest BCUT2D eigenvalue weighted by Crippen LogP contribution is 2.18. The molecule has 11 heteroatoms. The summed E-state index contributed by atoms with van der Waals surface area (Å²) in [4.78, 5) is 39.0. The normalized spacial score (nSPS) is 18.5. The second-order valence-electron chi connectivity index (χ2n) is 8.61. The molecule has 11 nitrogen and oxygen atoms in total. The Bertz CT molecular complexity index is 1470. The number of ether oxygens (including phenoxy) is 1. The zero-order valence-electron chi connectivity index (χ0n) is 19.3. The molecule has 35 heavy (non-hydrogen) atoms. The third-order valence-electron chi connectivity index (χ3n) is 6.25. The Morgan fingerprint density at radius 2 is 1.97 bits per heavy atom. The van der Waals surface area contributed by atoms with Crippen LogP contribution in [0.1, 0.15) is 5.69 Å². The molecule has 0 radical (unpaired) electrons. The predicted molar refractivity (Wildman–Crippen MR) is 128 cm³/mol. The molecule has 0 aliphatic carbocycles. The van der Waals surface area contributed by atoms with Crippen molar-refractivity contribution in [2.45, 2.75) is 19.2 Å². The summed E-state index contributed by atoms with van der Waals surface area (Å²) in [5.74, 6) is 0.460. The zero-order chi connectivity index (χ0) is 24.4. The van der Waals surface area contributed by atoms with Crippen molar-refractivity contribution in [1.82, 2.24) is 29.7 Å². The van der Waals surface area contributed by atoms with Crippen LogP contribution in [0.15, 0.2) is 56.6 Å². The molecule has 1 fully saturated rings. The molecule has 0 saturated carbocycles. The van der Waals surface area contributed by atoms with Gasteiger partial charge in [-0.05, 0) is 24.3 Å². The quantitative estimate of drug-likeness (QED) is 0.366. The van der Waals surface area contributed by atoms with Gasteiger partial charge in [-0.25, -0.2) is 14.8 Å². The highest BCUT2D eigenvalue weighted by molar-refractivity contribution is 5.72. The number of β-amino-alcohol motifs (C(OH)–C–C–N with tert-alkyl or cyclic N) is 1. The van der Waals surface area contributed by atoms with E-state index in [-0.39, 0.29) is 11.5 Å². The van der Waals surface area contributed by atoms with Gasteiger partial charge in [0.2, 0.25) is 11.6 Å². The van der Waals surface area contributed by atoms with Gasteiger partial charge in [0, 0.05) is 62.7 Å². The fourth-order valence-electron chi connectivity index (χ4n) is 4.39. The average Bonchev–Trinajstić information content (AvgIpc) is 3.21. The summed E-state index contributed by atoms with van der Waals surface area (Å²) in [6, 6.07) is 10.3. The third-order valence-corrected chi connectivity index (χ3v) is 6.25. The summed E-state index contributed by atoms with van der Waals surface area (Å²) >= 11 is 0. The van der Waals surface area contributed by atoms with Gasteiger partial charge < -0.3 is 19.6 Å². The van der Waals surface area contributed by atoms with Gasteiger partial charge in [-0.2, -0.15) is 4.98 Å². The monoisotopic (exact) mass is 478 g/mol. The van der Waals surface area contributed by atoms with Crippen LogP contribution < -0.4 is 21.2 Å². The molecule has 4 aromatic rings. The lowest BCUT2D eigenvalue weighted by Gasteiger charge is -2.17. The number of aliphatic hydroxyl groups excluding tert-OH is 1. The number of methoxy groups -OCH3 is 1. The molecule has 5 heterocycles. The van der Waals surface area contributed by atoms with Gasteiger partial charge in [0.25, 0.3) is 5.56 Å². The van der Waals surface area contributed by atoms with Gasteiger partial charge >= 0.3 is 5.63 Å². The standard InChI is InChI=1S/C24H26N6O5/c1-34-20-6-5-18-23(28-20)30(21(32)12-26-18)9-8-29-13-16(19(31)14-29)10-25-11-17-4-2-15-3-7-22(33)35-24(15)27-17/h2-7,12,16,19,25,31H,8-11,13-14H2,1H3/t16-,19+/m0/s1. The number of hydrogen-bond donors (Lipinski definition) is 2. The van der Waals surface area contributed by atoms with Gasteiger partial charge in [0.05, 0.1) is 25.1 Å². The lowest BCUT2D eigenvalue weighted by molar-refractivity contribution is 0.140. The maximum atomic E-state index is 12.5. The number of pyridine rings is 2. The van der Waals surface area contributed by atoms with Crippen LogP contribution in [0.4, 0.5) is 0 Å². The molecule has 5 rings (SSSR count). The van der Waals surface area contributed by atoms with Gasteiger partial charge in [-0.15, -0.1) is 0 Å². The van der Waals surface area contributed by atoms with Gasteiger partial charge in [0.1, 0.15) is 5.52 Å². The molecular weight excluding hydrogens is 452 g/mol. The van der Waals surface area contributed by atoms with Crippen molar-refractivity contribution < 1.29 is 14.3 Å². The minimum Gasteiger partial charge on any atom is -0.481 e. The van der Waals surface area contributed by atoms with Crippen LogP contribution >= 0.6 is 0 Å². The molecule has 0 spiro atoms. The van der Waals surface area contributed by atoms with Crippen LogP contribution in [0.2, 0.25) is 0 Å². The summed E-state index contributed by atoms with van der Waals surface area (Å²) in [6.07, 6.45) is 0.822. The van der Waals surface area contributed by atoms with Crippen molar-refractivity contribution in [3.8, 4) is 5.88 Å². The van der Waals surface area contributed by atoms with Crippen molar-refractivity contribution in [3.05, 3.63) is 69.1 Å². The van der Waals surface area contributed by atoms with Crippen molar-refractivity contribution >= 4 is 22.3 Å². The molecule has 0 bridgehead atoms. The van der Waals surface area contributed by atoms with Crippen LogP contribution in [0.5, 0.6) is 5.88 Å². The molecule has 1 saturated heterocycles. The van der Waals surface area contributed by atoms with Gasteiger partial charge in [-0.3, -0.25) is 14.3 Å². The van der Waals surface area contributed by atoms with E-state index in [9.17, 15) is 14.7 Å². The van der Waals surface area contributed by atoms with Crippen molar-refractivity contribution in [2.24, 2.45) is 5.92 Å². The molecule has 1 aliphatic rings. The maximum absolute atomic E-state index is 12.5. The summed E-state index contributed by atoms with van der Waals surface area (Å²) in [7, 11) is 1.53. The van der Waals surface area contributed by atoms with Crippen LogP contribution in [-0.2, 0) is 13.1 Å². The fourth-order valence-corrected chi connectivity index (χ4v) is 4.39. The van der Waals surface area contributed by atoms with E-state index < -0.39 is 11.7 Å². The number of hydrogen-bond acceptors (Lipinski definition) is 10. The Kier molecular flexibility index (Phi) is 6.53. The highest BCUT2D eigenvalue weighted by atomic mass is 16.5. The predicted octanol–water partition coefficient (Wildman–Crippen LogP) is 0.384. The average molecular weight is 479 g/mol. The minimum atomic E-state index is -0.478. The van der Waals surface area contributed by atoms with E-state index >= 15 is 0 Å². The number of nitrogens with one attached hydrogen (secondary N) is 1. The smallest absolute Gasteiger partial charge is 0.337 e. The Labute approximate surface area is 200 Å². The molecular formula is C24H26N6O5. The maximum Gasteiger partial charge on any atom is 0.337 e. The fraction of sp³-hybridized carbons (Fsp3) is 0.375. The molecule has 182 valence electrons. The van der Waals surface area contributed by atoms with Gasteiger partial charge in [-0.1, -0.05) is 0 Å². The van der Waals surface area contributed by atoms with E-state index in [1.807, 2.05) is 12.1 Å². The topological polar surface area (TPSA) is 136 Å². The molecule has 4 aromatic heterocycles. The SMILES string of the molecule is COc1ccc2ncc(=O)n(CCN3C[C@H](CNCc4ccc5ccc(=O)oc5n4)[C@H](O)C3)c2n1. The van der Waals surface area contributed by atoms with Crippen LogP contribution in [0.25, 0.3) is 22.3 Å². The summed E-state index contributed by atoms with van der Waals surface area (Å²) in [5, 5.41) is 14.7. The van der Waals surface area contributed by atoms with Gasteiger partial charge in [0.15, 0.2) is 5.65 Å². The van der Waals surface area contributed by atoms with E-state index in [1.165, 1.54) is 19.4 Å². The molecule has 1 aliphatic heterocycles. The molecule has 2 atom stereocenters. The first kappa shape index (κ1) is 23.1. The minimum absolute atomic E-state index is 0.0394. The van der Waals surface area contributed by atoms with Crippen molar-refractivity contribution in [2.75, 3.05) is 33.3 Å². The zero-order valence-corrected chi connectivity index (χ0v) is 19.3. The number of likely N-dealkylation sites (tertiary alicyclic amines) is 1. The first-order chi connectivity index (χ1) is 17.0. The molecule has 2 N–H and O–H groups in total. The van der Waals surface area contributed by atoms with E-state index in [1.54, 1.807) is 22.8 Å². The Morgan fingerprint density at radius 1 is 1.11 bits per heavy atom. The lowest BCUT2D eigenvalue weighted by atomic mass is 10.1. The van der Waals surface area contributed by atoms with E-state index in [2.05, 4.69) is 25.2 Å². The highest BCUT2D eigenvalue weighted by Gasteiger charge is 2.30. The summed E-state index contributed by atoms with van der Waals surface area (Å²) in [5.41, 5.74) is 1.51. The van der Waals surface area contributed by atoms with E-state index in [0.29, 0.717) is 62.0 Å². The van der Waals surface area contributed by atoms with Crippen LogP contribution in [0.3, 0.4) is 0 Å². The number of fused-ring (bicyclic) bond motifs is 2. The largest absolute Gasteiger partial charge is 0.481 e. The summed E-state index contributed by atoms with van der Waals surface area (Å²) < 4.78 is 11.9. The first-order valence-electron chi connectivity index (χ1n) is 11.4. The van der Waals surface area contributed by atoms with Crippen LogP contribution in [-0.4, -0.2) is 68.9 Å². The summed E-state index contributed by atoms with van der Waals surface area (Å²) in [6.45, 7) is 3.34. The number of rotatable bonds is 8. The second-order valence-corrected chi connectivity index (χ2v) is 8.61. The Balaban J connectivity index is 1.18. The van der Waals surface area contributed by atoms with E-state index in [4.69, 9.17) is 9.15 Å². The molecule has 0 amide bonds. The van der Waals surface area contributed by atoms with E-state index in [0.717, 1.165) is 11.1 Å². The lowest BCUT2D eigenvalue weighted by Crippen LogP contribution is -2.31. The number of aliphatic hydroxyl groups is 1. The van der Waals surface area contributed by atoms with Crippen molar-refractivity contribution in [3.63, 3.8) is 0 Å². The van der Waals surface area contributed by atoms with Crippen molar-refractivity contribution in [1.29, 1.82) is 0 Å². The second kappa shape index (κ2) is 9.90. The Morgan fingerprint density at radius 3 is 2.83 bits per heavy atom. The van der Waals surface area contributed by atoms with Crippen LogP contribution in [0, 0.1) is 5.92 Å². The number of aromatic nitrogens is 4. The number of nitrogens with zero attached hydrogens (tertiary/aromatic N) is 5. The first-order valence-corrected chi connectivity index (χ1v) is 11.4. The Hall–Kier alpha value is -3.67. The molecule has 0 unspecified atom stereocenters. The third kappa shape index (κ3) is 5.06.